The van der Waals surface area contributed by atoms with E-state index in [2.05, 4.69) is 4.74 Å². The summed E-state index contributed by atoms with van der Waals surface area (Å²) < 4.78 is 4.67. The molecule has 0 radical (unpaired) electrons. The summed E-state index contributed by atoms with van der Waals surface area (Å²) in [5.41, 5.74) is 11.1. The van der Waals surface area contributed by atoms with Crippen LogP contribution in [0.25, 0.3) is 0 Å². The average Bonchev–Trinajstić information content (AvgIpc) is 2.20. The van der Waals surface area contributed by atoms with E-state index in [-0.39, 0.29) is 19.3 Å². The van der Waals surface area contributed by atoms with Gasteiger partial charge < -0.3 is 21.3 Å². The van der Waals surface area contributed by atoms with Gasteiger partial charge in [0.05, 0.1) is 6.61 Å². The molecular formula is C8H18N2O3S2. The van der Waals surface area contributed by atoms with Crippen molar-refractivity contribution in [1.29, 1.82) is 0 Å². The van der Waals surface area contributed by atoms with E-state index in [0.29, 0.717) is 5.75 Å². The van der Waals surface area contributed by atoms with Crippen LogP contribution in [-0.4, -0.2) is 47.9 Å². The van der Waals surface area contributed by atoms with Gasteiger partial charge in [-0.2, -0.15) is 0 Å². The predicted octanol–water partition coefficient (Wildman–Crippen LogP) is -0.422. The van der Waals surface area contributed by atoms with Crippen LogP contribution in [0.4, 0.5) is 0 Å². The predicted molar refractivity (Wildman–Crippen MR) is 64.6 cm³/mol. The molecule has 0 spiro atoms. The molecule has 5 nitrogen and oxygen atoms in total. The van der Waals surface area contributed by atoms with Crippen molar-refractivity contribution in [1.82, 2.24) is 0 Å². The largest absolute Gasteiger partial charge is 0.462 e. The zero-order valence-corrected chi connectivity index (χ0v) is 10.4. The maximum absolute atomic E-state index is 11.1. The number of rotatable bonds is 8. The van der Waals surface area contributed by atoms with Crippen molar-refractivity contribution in [3.05, 3.63) is 0 Å². The monoisotopic (exact) mass is 254 g/mol. The molecule has 0 aromatic carbocycles. The smallest absolute Gasteiger partial charge is 0.323 e. The topological polar surface area (TPSA) is 98.6 Å². The number of hydrogen-bond donors (Lipinski definition) is 3. The second-order valence-corrected chi connectivity index (χ2v) is 5.60. The number of hydrogen-bond acceptors (Lipinski definition) is 7. The van der Waals surface area contributed by atoms with E-state index in [1.807, 2.05) is 6.92 Å². The fourth-order valence-electron chi connectivity index (χ4n) is 0.598. The van der Waals surface area contributed by atoms with Crippen molar-refractivity contribution in [2.24, 2.45) is 11.5 Å². The van der Waals surface area contributed by atoms with Crippen LogP contribution >= 0.6 is 21.6 Å². The van der Waals surface area contributed by atoms with Crippen molar-refractivity contribution in [2.45, 2.75) is 19.0 Å². The normalized spacial score (nSPS) is 14.7. The highest BCUT2D eigenvalue weighted by molar-refractivity contribution is 8.76. The molecule has 0 heterocycles. The molecular weight excluding hydrogens is 236 g/mol. The van der Waals surface area contributed by atoms with E-state index in [1.165, 1.54) is 10.8 Å². The van der Waals surface area contributed by atoms with E-state index in [1.54, 1.807) is 10.8 Å². The summed E-state index contributed by atoms with van der Waals surface area (Å²) in [7, 11) is 3.09. The van der Waals surface area contributed by atoms with E-state index < -0.39 is 12.0 Å². The van der Waals surface area contributed by atoms with Gasteiger partial charge in [0.15, 0.2) is 0 Å². The first-order valence-corrected chi connectivity index (χ1v) is 7.09. The number of ether oxygens (including phenoxy) is 1. The Labute approximate surface area is 97.7 Å². The summed E-state index contributed by atoms with van der Waals surface area (Å²) in [5.74, 6) is 0.836. The second-order valence-electron chi connectivity index (χ2n) is 3.04. The van der Waals surface area contributed by atoms with Gasteiger partial charge in [-0.1, -0.05) is 21.6 Å². The van der Waals surface area contributed by atoms with Crippen LogP contribution in [0.1, 0.15) is 6.92 Å². The molecule has 0 aliphatic carbocycles. The fourth-order valence-corrected chi connectivity index (χ4v) is 2.95. The molecule has 0 saturated carbocycles. The van der Waals surface area contributed by atoms with Gasteiger partial charge in [0.25, 0.3) is 0 Å². The Bertz CT molecular complexity index is 181. The van der Waals surface area contributed by atoms with Crippen LogP contribution < -0.4 is 11.5 Å². The van der Waals surface area contributed by atoms with Crippen LogP contribution in [0.3, 0.4) is 0 Å². The van der Waals surface area contributed by atoms with Gasteiger partial charge in [-0.05, 0) is 6.92 Å². The minimum absolute atomic E-state index is 0.00414. The van der Waals surface area contributed by atoms with E-state index in [9.17, 15) is 4.79 Å². The Hall–Kier alpha value is 0.0500. The zero-order valence-electron chi connectivity index (χ0n) is 8.72. The van der Waals surface area contributed by atoms with Gasteiger partial charge in [-0.3, -0.25) is 4.79 Å². The molecule has 0 fully saturated rings. The third-order valence-corrected chi connectivity index (χ3v) is 3.94. The third kappa shape index (κ3) is 9.01. The minimum atomic E-state index is -0.637. The van der Waals surface area contributed by atoms with Crippen LogP contribution in [0.2, 0.25) is 0 Å². The molecule has 5 N–H and O–H groups in total. The maximum atomic E-state index is 11.1. The van der Waals surface area contributed by atoms with Crippen molar-refractivity contribution in [3.63, 3.8) is 0 Å². The molecule has 0 bridgehead atoms. The highest BCUT2D eigenvalue weighted by atomic mass is 33.1. The second kappa shape index (κ2) is 9.29. The van der Waals surface area contributed by atoms with Gasteiger partial charge in [0, 0.05) is 17.5 Å². The number of aliphatic hydroxyl groups is 1. The third-order valence-electron chi connectivity index (χ3n) is 1.30. The fraction of sp³-hybridized carbons (Fsp3) is 0.875. The SMILES string of the molecule is CC(N)CSSCC(N)C(=O)OCCO. The summed E-state index contributed by atoms with van der Waals surface area (Å²) in [4.78, 5) is 11.1. The van der Waals surface area contributed by atoms with Gasteiger partial charge in [-0.15, -0.1) is 0 Å². The maximum Gasteiger partial charge on any atom is 0.323 e. The Morgan fingerprint density at radius 3 is 2.53 bits per heavy atom. The van der Waals surface area contributed by atoms with Crippen molar-refractivity contribution >= 4 is 27.6 Å². The lowest BCUT2D eigenvalue weighted by atomic mass is 10.4. The molecule has 0 aliphatic heterocycles. The Balaban J connectivity index is 3.46. The van der Waals surface area contributed by atoms with Crippen molar-refractivity contribution in [3.8, 4) is 0 Å². The highest BCUT2D eigenvalue weighted by Crippen LogP contribution is 2.22. The molecule has 0 aromatic rings. The lowest BCUT2D eigenvalue weighted by Gasteiger charge is -2.10. The Morgan fingerprint density at radius 2 is 2.00 bits per heavy atom. The molecule has 0 rings (SSSR count). The molecule has 15 heavy (non-hydrogen) atoms. The lowest BCUT2D eigenvalue weighted by molar-refractivity contribution is -0.145. The van der Waals surface area contributed by atoms with Crippen molar-refractivity contribution in [2.75, 3.05) is 24.7 Å². The lowest BCUT2D eigenvalue weighted by Crippen LogP contribution is -2.35. The molecule has 0 aromatic heterocycles. The summed E-state index contributed by atoms with van der Waals surface area (Å²) in [6, 6.07) is -0.498. The minimum Gasteiger partial charge on any atom is -0.462 e. The number of aliphatic hydroxyl groups excluding tert-OH is 1. The quantitative estimate of drug-likeness (QED) is 0.307. The summed E-state index contributed by atoms with van der Waals surface area (Å²) in [6.45, 7) is 1.75. The van der Waals surface area contributed by atoms with E-state index in [0.717, 1.165) is 5.75 Å². The van der Waals surface area contributed by atoms with Crippen LogP contribution in [-0.2, 0) is 9.53 Å². The zero-order chi connectivity index (χ0) is 11.7. The number of carbonyl (C=O) groups excluding carboxylic acids is 1. The summed E-state index contributed by atoms with van der Waals surface area (Å²) in [5, 5.41) is 8.43. The van der Waals surface area contributed by atoms with Crippen molar-refractivity contribution < 1.29 is 14.6 Å². The van der Waals surface area contributed by atoms with E-state index in [4.69, 9.17) is 16.6 Å². The molecule has 2 atom stereocenters. The van der Waals surface area contributed by atoms with Crippen LogP contribution in [0.15, 0.2) is 0 Å². The van der Waals surface area contributed by atoms with Crippen LogP contribution in [0, 0.1) is 0 Å². The first-order valence-electron chi connectivity index (χ1n) is 4.61. The van der Waals surface area contributed by atoms with Gasteiger partial charge in [-0.25, -0.2) is 0 Å². The molecule has 0 aliphatic rings. The molecule has 0 saturated heterocycles. The van der Waals surface area contributed by atoms with Gasteiger partial charge >= 0.3 is 5.97 Å². The van der Waals surface area contributed by atoms with E-state index >= 15 is 0 Å². The number of esters is 1. The van der Waals surface area contributed by atoms with Gasteiger partial charge in [0.1, 0.15) is 12.6 Å². The molecule has 2 unspecified atom stereocenters. The molecule has 7 heteroatoms. The molecule has 0 amide bonds. The number of carbonyl (C=O) groups is 1. The number of nitrogens with two attached hydrogens (primary N) is 2. The van der Waals surface area contributed by atoms with Gasteiger partial charge in [0.2, 0.25) is 0 Å². The first-order chi connectivity index (χ1) is 7.07. The first kappa shape index (κ1) is 15.0. The average molecular weight is 254 g/mol. The van der Waals surface area contributed by atoms with Crippen LogP contribution in [0.5, 0.6) is 0 Å². The Kier molecular flexibility index (Phi) is 9.32. The standard InChI is InChI=1S/C8H18N2O3S2/c1-6(9)4-14-15-5-7(10)8(12)13-3-2-11/h6-7,11H,2-5,9-10H2,1H3. The molecule has 90 valence electrons. The Morgan fingerprint density at radius 1 is 1.40 bits per heavy atom. The highest BCUT2D eigenvalue weighted by Gasteiger charge is 2.14. The summed E-state index contributed by atoms with van der Waals surface area (Å²) >= 11 is 0. The summed E-state index contributed by atoms with van der Waals surface area (Å²) in [6.07, 6.45) is 0.